The van der Waals surface area contributed by atoms with E-state index < -0.39 is 0 Å². The number of fused-ring (bicyclic) bond motifs is 3. The van der Waals surface area contributed by atoms with E-state index in [4.69, 9.17) is 5.11 Å². The molecule has 1 aromatic carbocycles. The number of nitrogens with zero attached hydrogens (tertiary/aromatic N) is 2. The number of aryl methyl sites for hydroxylation is 1. The summed E-state index contributed by atoms with van der Waals surface area (Å²) >= 11 is 0. The Morgan fingerprint density at radius 1 is 1.38 bits per heavy atom. The van der Waals surface area contributed by atoms with Gasteiger partial charge in [-0.3, -0.25) is 4.79 Å². The van der Waals surface area contributed by atoms with Gasteiger partial charge in [0, 0.05) is 12.1 Å². The van der Waals surface area contributed by atoms with Gasteiger partial charge < -0.3 is 9.67 Å². The molecule has 0 saturated heterocycles. The van der Waals surface area contributed by atoms with Gasteiger partial charge in [-0.25, -0.2) is 0 Å². The maximum Gasteiger partial charge on any atom is 0.281 e. The van der Waals surface area contributed by atoms with E-state index in [1.807, 2.05) is 22.8 Å². The van der Waals surface area contributed by atoms with Crippen LogP contribution in [0.5, 0.6) is 0 Å². The van der Waals surface area contributed by atoms with Crippen LogP contribution in [0.2, 0.25) is 0 Å². The fourth-order valence-corrected chi connectivity index (χ4v) is 2.16. The summed E-state index contributed by atoms with van der Waals surface area (Å²) in [4.78, 5) is 15.8. The number of para-hydroxylation sites is 1. The van der Waals surface area contributed by atoms with E-state index >= 15 is 0 Å². The Labute approximate surface area is 91.5 Å². The standard InChI is InChI=1S/C12H10N2O2/c15-7-8-5-6-14-10-4-2-1-3-9(10)12(16)13-11(8)14/h1-4,7,15H,5-6H2. The summed E-state index contributed by atoms with van der Waals surface area (Å²) in [7, 11) is 0. The van der Waals surface area contributed by atoms with Crippen LogP contribution in [0, 0.1) is 0 Å². The molecule has 0 radical (unpaired) electrons. The number of aliphatic hydroxyl groups is 1. The Kier molecular flexibility index (Phi) is 1.83. The lowest BCUT2D eigenvalue weighted by molar-refractivity contribution is 0.474. The van der Waals surface area contributed by atoms with Crippen LogP contribution in [0.3, 0.4) is 0 Å². The van der Waals surface area contributed by atoms with Crippen LogP contribution in [-0.2, 0) is 6.54 Å². The summed E-state index contributed by atoms with van der Waals surface area (Å²) in [5, 5.41) is 9.69. The van der Waals surface area contributed by atoms with E-state index in [9.17, 15) is 4.79 Å². The molecule has 0 amide bonds. The number of aromatic nitrogens is 2. The second-order valence-corrected chi connectivity index (χ2v) is 3.81. The molecule has 80 valence electrons. The van der Waals surface area contributed by atoms with Crippen molar-refractivity contribution >= 4 is 16.5 Å². The zero-order valence-corrected chi connectivity index (χ0v) is 8.55. The van der Waals surface area contributed by atoms with E-state index in [-0.39, 0.29) is 5.56 Å². The van der Waals surface area contributed by atoms with E-state index in [0.29, 0.717) is 11.2 Å². The van der Waals surface area contributed by atoms with Crippen molar-refractivity contribution in [3.8, 4) is 0 Å². The molecule has 0 spiro atoms. The van der Waals surface area contributed by atoms with E-state index in [1.165, 1.54) is 0 Å². The number of rotatable bonds is 0. The third-order valence-electron chi connectivity index (χ3n) is 2.94. The van der Waals surface area contributed by atoms with Gasteiger partial charge in [-0.2, -0.15) is 4.98 Å². The number of benzene rings is 1. The Balaban J connectivity index is 2.48. The minimum atomic E-state index is -0.233. The summed E-state index contributed by atoms with van der Waals surface area (Å²) in [5.74, 6) is 0.589. The highest BCUT2D eigenvalue weighted by Crippen LogP contribution is 2.26. The Hall–Kier alpha value is -2.10. The average molecular weight is 214 g/mol. The molecule has 1 aliphatic heterocycles. The van der Waals surface area contributed by atoms with Gasteiger partial charge in [-0.15, -0.1) is 0 Å². The normalized spacial score (nSPS) is 16.9. The van der Waals surface area contributed by atoms with Crippen LogP contribution in [-0.4, -0.2) is 14.7 Å². The van der Waals surface area contributed by atoms with Gasteiger partial charge in [0.25, 0.3) is 5.56 Å². The second-order valence-electron chi connectivity index (χ2n) is 3.81. The number of hydrogen-bond donors (Lipinski definition) is 1. The molecule has 0 unspecified atom stereocenters. The minimum absolute atomic E-state index is 0.233. The first kappa shape index (κ1) is 9.15. The van der Waals surface area contributed by atoms with Gasteiger partial charge in [-0.1, -0.05) is 12.1 Å². The monoisotopic (exact) mass is 214 g/mol. The molecule has 1 aromatic heterocycles. The molecule has 0 fully saturated rings. The molecule has 4 nitrogen and oxygen atoms in total. The molecule has 0 aliphatic carbocycles. The van der Waals surface area contributed by atoms with Crippen molar-refractivity contribution in [1.29, 1.82) is 0 Å². The predicted octanol–water partition coefficient (Wildman–Crippen LogP) is 1.70. The maximum atomic E-state index is 11.8. The van der Waals surface area contributed by atoms with Gasteiger partial charge >= 0.3 is 0 Å². The molecule has 1 N–H and O–H groups in total. The molecular weight excluding hydrogens is 204 g/mol. The first-order valence-corrected chi connectivity index (χ1v) is 5.14. The Morgan fingerprint density at radius 2 is 2.19 bits per heavy atom. The third-order valence-corrected chi connectivity index (χ3v) is 2.94. The van der Waals surface area contributed by atoms with Crippen molar-refractivity contribution in [3.05, 3.63) is 46.7 Å². The summed E-state index contributed by atoms with van der Waals surface area (Å²) < 4.78 is 1.97. The van der Waals surface area contributed by atoms with Crippen molar-refractivity contribution in [2.24, 2.45) is 0 Å². The lowest BCUT2D eigenvalue weighted by atomic mass is 10.2. The SMILES string of the molecule is O=c1nc2n(c3ccccc13)CCC2=CO. The van der Waals surface area contributed by atoms with Gasteiger partial charge in [0.2, 0.25) is 0 Å². The first-order chi connectivity index (χ1) is 7.81. The van der Waals surface area contributed by atoms with E-state index in [2.05, 4.69) is 4.98 Å². The van der Waals surface area contributed by atoms with Crippen molar-refractivity contribution in [2.45, 2.75) is 13.0 Å². The first-order valence-electron chi connectivity index (χ1n) is 5.14. The molecule has 0 bridgehead atoms. The fraction of sp³-hybridized carbons (Fsp3) is 0.167. The largest absolute Gasteiger partial charge is 0.515 e. The van der Waals surface area contributed by atoms with Crippen LogP contribution >= 0.6 is 0 Å². The summed E-state index contributed by atoms with van der Waals surface area (Å²) in [6.07, 6.45) is 1.76. The zero-order chi connectivity index (χ0) is 11.1. The van der Waals surface area contributed by atoms with Crippen molar-refractivity contribution in [3.63, 3.8) is 0 Å². The van der Waals surface area contributed by atoms with Gasteiger partial charge in [-0.05, 0) is 18.6 Å². The maximum absolute atomic E-state index is 11.8. The molecule has 3 rings (SSSR count). The average Bonchev–Trinajstić information content (AvgIpc) is 2.72. The predicted molar refractivity (Wildman–Crippen MR) is 61.2 cm³/mol. The highest BCUT2D eigenvalue weighted by Gasteiger charge is 2.20. The molecule has 16 heavy (non-hydrogen) atoms. The minimum Gasteiger partial charge on any atom is -0.515 e. The third kappa shape index (κ3) is 1.10. The molecule has 2 aromatic rings. The highest BCUT2D eigenvalue weighted by atomic mass is 16.2. The molecule has 0 saturated carbocycles. The Bertz CT molecular complexity index is 656. The van der Waals surface area contributed by atoms with Crippen molar-refractivity contribution in [2.75, 3.05) is 0 Å². The van der Waals surface area contributed by atoms with Crippen LogP contribution in [0.15, 0.2) is 35.3 Å². The second kappa shape index (κ2) is 3.20. The Morgan fingerprint density at radius 3 is 3.00 bits per heavy atom. The van der Waals surface area contributed by atoms with Crippen molar-refractivity contribution < 1.29 is 5.11 Å². The van der Waals surface area contributed by atoms with E-state index in [0.717, 1.165) is 30.3 Å². The summed E-state index contributed by atoms with van der Waals surface area (Å²) in [6.45, 7) is 0.759. The van der Waals surface area contributed by atoms with Crippen LogP contribution < -0.4 is 5.56 Å². The smallest absolute Gasteiger partial charge is 0.281 e. The summed E-state index contributed by atoms with van der Waals surface area (Å²) in [6, 6.07) is 7.41. The lowest BCUT2D eigenvalue weighted by Crippen LogP contribution is -2.14. The van der Waals surface area contributed by atoms with Crippen LogP contribution in [0.4, 0.5) is 0 Å². The van der Waals surface area contributed by atoms with Crippen molar-refractivity contribution in [1.82, 2.24) is 9.55 Å². The molecule has 0 atom stereocenters. The van der Waals surface area contributed by atoms with Gasteiger partial charge in [0.15, 0.2) is 0 Å². The molecule has 2 heterocycles. The zero-order valence-electron chi connectivity index (χ0n) is 8.55. The van der Waals surface area contributed by atoms with Crippen LogP contribution in [0.25, 0.3) is 16.5 Å². The van der Waals surface area contributed by atoms with Crippen LogP contribution in [0.1, 0.15) is 12.2 Å². The molecule has 4 heteroatoms. The quantitative estimate of drug-likeness (QED) is 0.679. The molecule has 1 aliphatic rings. The lowest BCUT2D eigenvalue weighted by Gasteiger charge is -2.06. The highest BCUT2D eigenvalue weighted by molar-refractivity contribution is 5.80. The number of aliphatic hydroxyl groups excluding tert-OH is 1. The van der Waals surface area contributed by atoms with Gasteiger partial charge in [0.05, 0.1) is 17.2 Å². The van der Waals surface area contributed by atoms with Gasteiger partial charge in [0.1, 0.15) is 5.82 Å². The summed E-state index contributed by atoms with van der Waals surface area (Å²) in [5.41, 5.74) is 1.38. The fourth-order valence-electron chi connectivity index (χ4n) is 2.16. The van der Waals surface area contributed by atoms with E-state index in [1.54, 1.807) is 6.07 Å². The molecular formula is C12H10N2O2. The number of hydrogen-bond acceptors (Lipinski definition) is 3. The topological polar surface area (TPSA) is 55.1 Å². The number of allylic oxidation sites excluding steroid dienone is 1.